The van der Waals surface area contributed by atoms with Crippen LogP contribution < -0.4 is 5.32 Å². The van der Waals surface area contributed by atoms with Crippen molar-refractivity contribution >= 4 is 38.7 Å². The third-order valence-corrected chi connectivity index (χ3v) is 6.16. The van der Waals surface area contributed by atoms with Crippen molar-refractivity contribution < 1.29 is 14.7 Å². The largest absolute Gasteiger partial charge is 0.481 e. The molecular weight excluding hydrogens is 480 g/mol. The number of hydrogen-bond acceptors (Lipinski definition) is 3. The third kappa shape index (κ3) is 5.12. The predicted molar refractivity (Wildman–Crippen MR) is 133 cm³/mol. The number of nitrogens with one attached hydrogen (secondary N) is 1. The number of carboxylic acid groups (broad SMARTS) is 1. The van der Waals surface area contributed by atoms with Gasteiger partial charge in [-0.2, -0.15) is 0 Å². The number of carbonyl (C=O) groups excluding carboxylic acids is 1. The average Bonchev–Trinajstić information content (AvgIpc) is 2.82. The summed E-state index contributed by atoms with van der Waals surface area (Å²) < 4.78 is 0.853. The number of hydrogen-bond donors (Lipinski definition) is 2. The highest BCUT2D eigenvalue weighted by Crippen LogP contribution is 2.31. The molecule has 1 heterocycles. The number of benzene rings is 3. The molecule has 3 aromatic carbocycles. The molecule has 0 aliphatic carbocycles. The first-order valence-corrected chi connectivity index (χ1v) is 11.4. The van der Waals surface area contributed by atoms with E-state index in [9.17, 15) is 14.7 Å². The Morgan fingerprint density at radius 2 is 1.67 bits per heavy atom. The van der Waals surface area contributed by atoms with E-state index in [1.807, 2.05) is 85.8 Å². The van der Waals surface area contributed by atoms with E-state index < -0.39 is 5.97 Å². The first-order valence-electron chi connectivity index (χ1n) is 10.6. The minimum absolute atomic E-state index is 0.0683. The van der Waals surface area contributed by atoms with Crippen LogP contribution in [0, 0.1) is 6.92 Å². The fourth-order valence-electron chi connectivity index (χ4n) is 4.05. The summed E-state index contributed by atoms with van der Waals surface area (Å²) in [6.07, 6.45) is -0.0683. The van der Waals surface area contributed by atoms with Crippen LogP contribution in [0.5, 0.6) is 0 Å². The van der Waals surface area contributed by atoms with Crippen LogP contribution in [0.1, 0.15) is 33.8 Å². The number of amides is 1. The Bertz CT molecular complexity index is 1310. The molecule has 0 saturated carbocycles. The van der Waals surface area contributed by atoms with E-state index in [-0.39, 0.29) is 24.8 Å². The van der Waals surface area contributed by atoms with Crippen LogP contribution in [-0.4, -0.2) is 28.5 Å². The summed E-state index contributed by atoms with van der Waals surface area (Å²) in [4.78, 5) is 29.8. The Morgan fingerprint density at radius 1 is 1.00 bits per heavy atom. The van der Waals surface area contributed by atoms with Crippen molar-refractivity contribution in [3.63, 3.8) is 0 Å². The van der Waals surface area contributed by atoms with Crippen molar-refractivity contribution in [1.29, 1.82) is 0 Å². The molecule has 1 atom stereocenters. The van der Waals surface area contributed by atoms with Gasteiger partial charge in [0.05, 0.1) is 23.2 Å². The zero-order chi connectivity index (χ0) is 23.4. The maximum absolute atomic E-state index is 13.5. The van der Waals surface area contributed by atoms with Crippen molar-refractivity contribution in [3.05, 3.63) is 100 Å². The van der Waals surface area contributed by atoms with Gasteiger partial charge in [0.15, 0.2) is 0 Å². The molecule has 1 aromatic heterocycles. The molecule has 33 heavy (non-hydrogen) atoms. The van der Waals surface area contributed by atoms with Gasteiger partial charge in [0, 0.05) is 27.9 Å². The number of halogens is 1. The molecule has 0 aliphatic heterocycles. The van der Waals surface area contributed by atoms with Crippen LogP contribution in [0.15, 0.2) is 83.3 Å². The van der Waals surface area contributed by atoms with Crippen molar-refractivity contribution in [3.8, 4) is 11.3 Å². The molecule has 166 valence electrons. The summed E-state index contributed by atoms with van der Waals surface area (Å²) >= 11 is 3.50. The SMILES string of the molecule is Cc1c(-c2ccccc2)nc2ccc(Br)cc2c1C(=O)NC[C@@H](CC(=O)O)c1ccccc1. The molecule has 6 heteroatoms. The smallest absolute Gasteiger partial charge is 0.304 e. The third-order valence-electron chi connectivity index (χ3n) is 5.67. The van der Waals surface area contributed by atoms with Gasteiger partial charge in [0.25, 0.3) is 5.91 Å². The van der Waals surface area contributed by atoms with Crippen LogP contribution in [0.3, 0.4) is 0 Å². The monoisotopic (exact) mass is 502 g/mol. The van der Waals surface area contributed by atoms with Gasteiger partial charge < -0.3 is 10.4 Å². The Balaban J connectivity index is 1.73. The molecule has 2 N–H and O–H groups in total. The minimum Gasteiger partial charge on any atom is -0.481 e. The molecular formula is C27H23BrN2O3. The lowest BCUT2D eigenvalue weighted by molar-refractivity contribution is -0.137. The Morgan fingerprint density at radius 3 is 2.33 bits per heavy atom. The zero-order valence-electron chi connectivity index (χ0n) is 18.1. The first-order chi connectivity index (χ1) is 15.9. The predicted octanol–water partition coefficient (Wildman–Crippen LogP) is 5.96. The van der Waals surface area contributed by atoms with Crippen molar-refractivity contribution in [2.75, 3.05) is 6.54 Å². The van der Waals surface area contributed by atoms with Gasteiger partial charge in [-0.1, -0.05) is 76.6 Å². The number of carbonyl (C=O) groups is 2. The Labute approximate surface area is 200 Å². The van der Waals surface area contributed by atoms with Crippen LogP contribution in [0.2, 0.25) is 0 Å². The van der Waals surface area contributed by atoms with E-state index >= 15 is 0 Å². The van der Waals surface area contributed by atoms with Crippen molar-refractivity contribution in [2.24, 2.45) is 0 Å². The van der Waals surface area contributed by atoms with Gasteiger partial charge in [-0.05, 0) is 36.2 Å². The van der Waals surface area contributed by atoms with Gasteiger partial charge in [0.1, 0.15) is 0 Å². The van der Waals surface area contributed by atoms with Crippen LogP contribution >= 0.6 is 15.9 Å². The second-order valence-corrected chi connectivity index (χ2v) is 8.82. The highest BCUT2D eigenvalue weighted by molar-refractivity contribution is 9.10. The number of nitrogens with zero attached hydrogens (tertiary/aromatic N) is 1. The molecule has 0 aliphatic rings. The number of pyridine rings is 1. The van der Waals surface area contributed by atoms with Gasteiger partial charge in [0.2, 0.25) is 0 Å². The topological polar surface area (TPSA) is 79.3 Å². The van der Waals surface area contributed by atoms with Gasteiger partial charge >= 0.3 is 5.97 Å². The van der Waals surface area contributed by atoms with Crippen LogP contribution in [0.25, 0.3) is 22.2 Å². The second-order valence-electron chi connectivity index (χ2n) is 7.90. The summed E-state index contributed by atoms with van der Waals surface area (Å²) in [5, 5.41) is 13.1. The lowest BCUT2D eigenvalue weighted by Gasteiger charge is -2.19. The van der Waals surface area contributed by atoms with E-state index in [4.69, 9.17) is 4.98 Å². The Kier molecular flexibility index (Phi) is 6.84. The lowest BCUT2D eigenvalue weighted by atomic mass is 9.94. The second kappa shape index (κ2) is 9.96. The van der Waals surface area contributed by atoms with E-state index in [1.54, 1.807) is 0 Å². The summed E-state index contributed by atoms with van der Waals surface area (Å²) in [5.74, 6) is -1.48. The van der Waals surface area contributed by atoms with E-state index in [0.29, 0.717) is 5.56 Å². The van der Waals surface area contributed by atoms with E-state index in [2.05, 4.69) is 21.2 Å². The quantitative estimate of drug-likeness (QED) is 0.326. The van der Waals surface area contributed by atoms with Crippen LogP contribution in [0.4, 0.5) is 0 Å². The number of aromatic nitrogens is 1. The maximum Gasteiger partial charge on any atom is 0.304 e. The van der Waals surface area contributed by atoms with Crippen molar-refractivity contribution in [2.45, 2.75) is 19.3 Å². The molecule has 0 radical (unpaired) electrons. The molecule has 0 fully saturated rings. The number of fused-ring (bicyclic) bond motifs is 1. The van der Waals surface area contributed by atoms with Gasteiger partial charge in [-0.3, -0.25) is 9.59 Å². The first kappa shape index (κ1) is 22.7. The highest BCUT2D eigenvalue weighted by atomic mass is 79.9. The summed E-state index contributed by atoms with van der Waals surface area (Å²) in [6, 6.07) is 24.9. The molecule has 0 saturated heterocycles. The number of rotatable bonds is 7. The van der Waals surface area contributed by atoms with Crippen molar-refractivity contribution in [1.82, 2.24) is 10.3 Å². The fraction of sp³-hybridized carbons (Fsp3) is 0.148. The number of carboxylic acids is 1. The summed E-state index contributed by atoms with van der Waals surface area (Å²) in [5.41, 5.74) is 4.60. The average molecular weight is 503 g/mol. The van der Waals surface area contributed by atoms with Gasteiger partial charge in [-0.15, -0.1) is 0 Å². The molecule has 4 rings (SSSR count). The zero-order valence-corrected chi connectivity index (χ0v) is 19.7. The van der Waals surface area contributed by atoms with E-state index in [1.165, 1.54) is 0 Å². The molecule has 0 spiro atoms. The highest BCUT2D eigenvalue weighted by Gasteiger charge is 2.22. The molecule has 1 amide bonds. The maximum atomic E-state index is 13.5. The standard InChI is InChI=1S/C27H23BrN2O3/c1-17-25(27(33)29-16-20(14-24(31)32)18-8-4-2-5-9-18)22-15-21(28)12-13-23(22)30-26(17)19-10-6-3-7-11-19/h2-13,15,20H,14,16H2,1H3,(H,29,33)(H,31,32)/t20-/m1/s1. The molecule has 0 unspecified atom stereocenters. The minimum atomic E-state index is -0.904. The van der Waals surface area contributed by atoms with Gasteiger partial charge in [-0.25, -0.2) is 4.98 Å². The lowest BCUT2D eigenvalue weighted by Crippen LogP contribution is -2.30. The molecule has 5 nitrogen and oxygen atoms in total. The Hall–Kier alpha value is -3.51. The molecule has 0 bridgehead atoms. The summed E-state index contributed by atoms with van der Waals surface area (Å²) in [6.45, 7) is 2.11. The summed E-state index contributed by atoms with van der Waals surface area (Å²) in [7, 11) is 0. The number of aliphatic carboxylic acids is 1. The fourth-order valence-corrected chi connectivity index (χ4v) is 4.41. The normalized spacial score (nSPS) is 11.8. The van der Waals surface area contributed by atoms with E-state index in [0.717, 1.165) is 37.8 Å². The van der Waals surface area contributed by atoms with Crippen LogP contribution in [-0.2, 0) is 4.79 Å². The molecule has 4 aromatic rings.